The number of carbonyl (C=O) groups is 1. The molecule has 7 heteroatoms. The quantitative estimate of drug-likeness (QED) is 0.476. The van der Waals surface area contributed by atoms with E-state index in [9.17, 15) is 14.9 Å². The fourth-order valence-electron chi connectivity index (χ4n) is 3.48. The average Bonchev–Trinajstić information content (AvgIpc) is 2.95. The van der Waals surface area contributed by atoms with Gasteiger partial charge in [0.15, 0.2) is 0 Å². The van der Waals surface area contributed by atoms with Gasteiger partial charge in [0.2, 0.25) is 0 Å². The molecule has 3 aromatic rings. The second kappa shape index (κ2) is 8.10. The van der Waals surface area contributed by atoms with Gasteiger partial charge in [-0.3, -0.25) is 19.6 Å². The first kappa shape index (κ1) is 21.2. The highest BCUT2D eigenvalue weighted by molar-refractivity contribution is 6.04. The number of benzene rings is 2. The number of carbonyl (C=O) groups excluding carboxylic acids is 1. The van der Waals surface area contributed by atoms with Crippen molar-refractivity contribution in [3.63, 3.8) is 0 Å². The highest BCUT2D eigenvalue weighted by atomic mass is 16.6. The van der Waals surface area contributed by atoms with Crippen molar-refractivity contribution in [2.75, 3.05) is 5.32 Å². The Labute approximate surface area is 175 Å². The third kappa shape index (κ3) is 4.40. The van der Waals surface area contributed by atoms with Crippen LogP contribution >= 0.6 is 0 Å². The smallest absolute Gasteiger partial charge is 0.312 e. The summed E-state index contributed by atoms with van der Waals surface area (Å²) in [6.07, 6.45) is 0. The van der Waals surface area contributed by atoms with E-state index in [-0.39, 0.29) is 17.0 Å². The molecule has 0 bridgehead atoms. The molecule has 0 fully saturated rings. The number of hydrogen-bond acceptors (Lipinski definition) is 4. The molecule has 7 nitrogen and oxygen atoms in total. The predicted octanol–water partition coefficient (Wildman–Crippen LogP) is 5.01. The van der Waals surface area contributed by atoms with Crippen LogP contribution in [0.4, 0.5) is 11.4 Å². The van der Waals surface area contributed by atoms with Crippen LogP contribution in [0.25, 0.3) is 0 Å². The van der Waals surface area contributed by atoms with Crippen molar-refractivity contribution in [2.24, 2.45) is 0 Å². The van der Waals surface area contributed by atoms with Gasteiger partial charge in [0.1, 0.15) is 11.4 Å². The van der Waals surface area contributed by atoms with Crippen LogP contribution in [0.5, 0.6) is 0 Å². The van der Waals surface area contributed by atoms with E-state index >= 15 is 0 Å². The Morgan fingerprint density at radius 1 is 1.10 bits per heavy atom. The molecule has 156 valence electrons. The lowest BCUT2D eigenvalue weighted by Gasteiger charge is -2.23. The van der Waals surface area contributed by atoms with Crippen molar-refractivity contribution in [3.05, 3.63) is 86.7 Å². The molecule has 1 aromatic heterocycles. The van der Waals surface area contributed by atoms with Gasteiger partial charge >= 0.3 is 5.69 Å². The van der Waals surface area contributed by atoms with Crippen molar-refractivity contribution >= 4 is 17.3 Å². The number of rotatable bonds is 5. The van der Waals surface area contributed by atoms with E-state index in [0.717, 1.165) is 16.8 Å². The molecule has 0 aliphatic carbocycles. The summed E-state index contributed by atoms with van der Waals surface area (Å²) in [7, 11) is 0. The maximum atomic E-state index is 12.7. The topological polar surface area (TPSA) is 90.1 Å². The number of anilines is 1. The van der Waals surface area contributed by atoms with Crippen molar-refractivity contribution < 1.29 is 9.72 Å². The summed E-state index contributed by atoms with van der Waals surface area (Å²) < 4.78 is 1.61. The molecule has 30 heavy (non-hydrogen) atoms. The zero-order valence-corrected chi connectivity index (χ0v) is 17.9. The third-order valence-electron chi connectivity index (χ3n) is 5.06. The molecule has 1 N–H and O–H groups in total. The minimum absolute atomic E-state index is 0.0449. The summed E-state index contributed by atoms with van der Waals surface area (Å²) in [4.78, 5) is 23.5. The standard InChI is InChI=1S/C23H26N4O3/c1-15-21(27(29)30)16(2)26(25-15)14-17-10-12-18(13-11-17)22(28)24-20-9-7-6-8-19(20)23(3,4)5/h6-13H,14H2,1-5H3,(H,24,28). The van der Waals surface area contributed by atoms with Gasteiger partial charge in [-0.2, -0.15) is 5.10 Å². The first-order valence-electron chi connectivity index (χ1n) is 9.76. The minimum atomic E-state index is -0.406. The minimum Gasteiger partial charge on any atom is -0.322 e. The molecular formula is C23H26N4O3. The number of nitrogens with zero attached hydrogens (tertiary/aromatic N) is 3. The Morgan fingerprint density at radius 2 is 1.73 bits per heavy atom. The zero-order valence-electron chi connectivity index (χ0n) is 17.9. The van der Waals surface area contributed by atoms with Crippen LogP contribution in [0.2, 0.25) is 0 Å². The number of amides is 1. The van der Waals surface area contributed by atoms with Crippen LogP contribution < -0.4 is 5.32 Å². The summed E-state index contributed by atoms with van der Waals surface area (Å²) in [5, 5.41) is 18.4. The molecule has 0 unspecified atom stereocenters. The monoisotopic (exact) mass is 406 g/mol. The molecular weight excluding hydrogens is 380 g/mol. The summed E-state index contributed by atoms with van der Waals surface area (Å²) in [5.41, 5.74) is 4.18. The second-order valence-corrected chi connectivity index (χ2v) is 8.38. The summed E-state index contributed by atoms with van der Waals surface area (Å²) in [5.74, 6) is -0.181. The maximum absolute atomic E-state index is 12.7. The number of aryl methyl sites for hydroxylation is 1. The van der Waals surface area contributed by atoms with Crippen LogP contribution in [0.15, 0.2) is 48.5 Å². The molecule has 0 aliphatic rings. The van der Waals surface area contributed by atoms with Gasteiger partial charge in [0, 0.05) is 11.3 Å². The molecule has 0 radical (unpaired) electrons. The molecule has 0 aliphatic heterocycles. The van der Waals surface area contributed by atoms with E-state index in [1.165, 1.54) is 0 Å². The Balaban J connectivity index is 1.76. The first-order valence-corrected chi connectivity index (χ1v) is 9.76. The summed E-state index contributed by atoms with van der Waals surface area (Å²) in [6.45, 7) is 10.0. The van der Waals surface area contributed by atoms with Gasteiger partial charge in [-0.1, -0.05) is 51.1 Å². The molecule has 1 heterocycles. The van der Waals surface area contributed by atoms with Crippen molar-refractivity contribution in [1.82, 2.24) is 9.78 Å². The van der Waals surface area contributed by atoms with Gasteiger partial charge < -0.3 is 5.32 Å². The Morgan fingerprint density at radius 3 is 2.30 bits per heavy atom. The largest absolute Gasteiger partial charge is 0.322 e. The number of nitrogens with one attached hydrogen (secondary N) is 1. The molecule has 0 saturated carbocycles. The average molecular weight is 406 g/mol. The number of nitro groups is 1. The molecule has 0 atom stereocenters. The molecule has 0 spiro atoms. The van der Waals surface area contributed by atoms with Gasteiger partial charge in [0.05, 0.1) is 11.5 Å². The van der Waals surface area contributed by atoms with Gasteiger partial charge in [-0.05, 0) is 48.6 Å². The van der Waals surface area contributed by atoms with Crippen LogP contribution in [0.1, 0.15) is 53.6 Å². The SMILES string of the molecule is Cc1nn(Cc2ccc(C(=O)Nc3ccccc3C(C)(C)C)cc2)c(C)c1[N+](=O)[O-]. The maximum Gasteiger partial charge on any atom is 0.312 e. The van der Waals surface area contributed by atoms with Crippen LogP contribution in [-0.4, -0.2) is 20.6 Å². The third-order valence-corrected chi connectivity index (χ3v) is 5.06. The lowest BCUT2D eigenvalue weighted by atomic mass is 9.86. The molecule has 0 saturated heterocycles. The van der Waals surface area contributed by atoms with Gasteiger partial charge in [-0.15, -0.1) is 0 Å². The zero-order chi connectivity index (χ0) is 22.1. The predicted molar refractivity (Wildman–Crippen MR) is 117 cm³/mol. The van der Waals surface area contributed by atoms with Gasteiger partial charge in [-0.25, -0.2) is 0 Å². The lowest BCUT2D eigenvalue weighted by molar-refractivity contribution is -0.386. The molecule has 3 rings (SSSR count). The fourth-order valence-corrected chi connectivity index (χ4v) is 3.48. The highest BCUT2D eigenvalue weighted by Crippen LogP contribution is 2.29. The number of para-hydroxylation sites is 1. The van der Waals surface area contributed by atoms with E-state index < -0.39 is 4.92 Å². The van der Waals surface area contributed by atoms with Gasteiger partial charge in [0.25, 0.3) is 5.91 Å². The van der Waals surface area contributed by atoms with E-state index in [2.05, 4.69) is 31.2 Å². The Bertz CT molecular complexity index is 1090. The fraction of sp³-hybridized carbons (Fsp3) is 0.304. The van der Waals surface area contributed by atoms with Crippen LogP contribution in [0, 0.1) is 24.0 Å². The van der Waals surface area contributed by atoms with E-state index in [1.807, 2.05) is 36.4 Å². The number of hydrogen-bond donors (Lipinski definition) is 1. The van der Waals surface area contributed by atoms with E-state index in [0.29, 0.717) is 23.5 Å². The highest BCUT2D eigenvalue weighted by Gasteiger charge is 2.22. The first-order chi connectivity index (χ1) is 14.1. The van der Waals surface area contributed by atoms with Crippen molar-refractivity contribution in [1.29, 1.82) is 0 Å². The van der Waals surface area contributed by atoms with Crippen LogP contribution in [-0.2, 0) is 12.0 Å². The Kier molecular flexibility index (Phi) is 5.73. The molecule has 2 aromatic carbocycles. The van der Waals surface area contributed by atoms with Crippen molar-refractivity contribution in [3.8, 4) is 0 Å². The normalized spacial score (nSPS) is 11.4. The van der Waals surface area contributed by atoms with E-state index in [1.54, 1.807) is 30.7 Å². The summed E-state index contributed by atoms with van der Waals surface area (Å²) in [6, 6.07) is 15.0. The second-order valence-electron chi connectivity index (χ2n) is 8.38. The Hall–Kier alpha value is -3.48. The lowest BCUT2D eigenvalue weighted by Crippen LogP contribution is -2.18. The van der Waals surface area contributed by atoms with Crippen molar-refractivity contribution in [2.45, 2.75) is 46.6 Å². The number of aromatic nitrogens is 2. The molecule has 1 amide bonds. The van der Waals surface area contributed by atoms with E-state index in [4.69, 9.17) is 0 Å². The summed E-state index contributed by atoms with van der Waals surface area (Å²) >= 11 is 0. The van der Waals surface area contributed by atoms with Crippen LogP contribution in [0.3, 0.4) is 0 Å².